The summed E-state index contributed by atoms with van der Waals surface area (Å²) in [4.78, 5) is 0. The van der Waals surface area contributed by atoms with Crippen molar-refractivity contribution in [2.24, 2.45) is 0 Å². The number of ether oxygens (including phenoxy) is 2. The molecule has 0 aliphatic rings. The Bertz CT molecular complexity index is 983. The quantitative estimate of drug-likeness (QED) is 0.278. The topological polar surface area (TPSA) is 18.5 Å². The van der Waals surface area contributed by atoms with E-state index >= 15 is 0 Å². The van der Waals surface area contributed by atoms with Gasteiger partial charge in [-0.1, -0.05) is 107 Å². The monoisotopic (exact) mass is 458 g/mol. The Morgan fingerprint density at radius 3 is 1.57 bits per heavy atom. The fourth-order valence-corrected chi connectivity index (χ4v) is 4.10. The summed E-state index contributed by atoms with van der Waals surface area (Å²) in [5.41, 5.74) is 3.54. The van der Waals surface area contributed by atoms with Gasteiger partial charge in [0.15, 0.2) is 0 Å². The first-order valence-corrected chi connectivity index (χ1v) is 10.7. The molecule has 0 saturated carbocycles. The van der Waals surface area contributed by atoms with Crippen molar-refractivity contribution in [1.82, 2.24) is 0 Å². The van der Waals surface area contributed by atoms with Crippen LogP contribution in [0.15, 0.2) is 114 Å². The first kappa shape index (κ1) is 20.4. The third-order valence-corrected chi connectivity index (χ3v) is 6.01. The normalized spacial score (nSPS) is 11.3. The average molecular weight is 459 g/mol. The van der Waals surface area contributed by atoms with Gasteiger partial charge in [0.25, 0.3) is 0 Å². The van der Waals surface area contributed by atoms with Gasteiger partial charge in [0.05, 0.1) is 13.7 Å². The van der Waals surface area contributed by atoms with E-state index in [1.165, 1.54) is 0 Å². The van der Waals surface area contributed by atoms with Crippen LogP contribution in [0.1, 0.15) is 22.3 Å². The van der Waals surface area contributed by atoms with E-state index in [-0.39, 0.29) is 0 Å². The van der Waals surface area contributed by atoms with Gasteiger partial charge in [0.2, 0.25) is 0 Å². The van der Waals surface area contributed by atoms with E-state index in [0.717, 1.165) is 32.5 Å². The SMILES string of the molecule is COc1ccc(Br)c(COC(c2ccccc2)(c2ccccc2)c2ccccc2)c1. The van der Waals surface area contributed by atoms with Gasteiger partial charge >= 0.3 is 0 Å². The predicted octanol–water partition coefficient (Wildman–Crippen LogP) is 6.97. The third-order valence-electron chi connectivity index (χ3n) is 5.24. The van der Waals surface area contributed by atoms with Crippen molar-refractivity contribution >= 4 is 15.9 Å². The highest BCUT2D eigenvalue weighted by Crippen LogP contribution is 2.41. The second kappa shape index (κ2) is 9.29. The van der Waals surface area contributed by atoms with E-state index in [1.54, 1.807) is 7.11 Å². The number of benzene rings is 4. The van der Waals surface area contributed by atoms with E-state index < -0.39 is 5.60 Å². The highest BCUT2D eigenvalue weighted by molar-refractivity contribution is 9.10. The summed E-state index contributed by atoms with van der Waals surface area (Å²) in [6.07, 6.45) is 0. The molecule has 2 nitrogen and oxygen atoms in total. The molecule has 0 aliphatic heterocycles. The minimum absolute atomic E-state index is 0.413. The summed E-state index contributed by atoms with van der Waals surface area (Å²) in [7, 11) is 1.68. The number of hydrogen-bond donors (Lipinski definition) is 0. The van der Waals surface area contributed by atoms with Crippen molar-refractivity contribution in [3.63, 3.8) is 0 Å². The molecule has 0 aliphatic carbocycles. The molecule has 0 unspecified atom stereocenters. The lowest BCUT2D eigenvalue weighted by molar-refractivity contribution is -0.0000932. The zero-order valence-electron chi connectivity index (χ0n) is 16.8. The molecule has 0 radical (unpaired) electrons. The van der Waals surface area contributed by atoms with E-state index in [0.29, 0.717) is 6.61 Å². The molecule has 0 amide bonds. The Kier molecular flexibility index (Phi) is 6.32. The lowest BCUT2D eigenvalue weighted by atomic mass is 9.80. The molecule has 0 saturated heterocycles. The zero-order valence-corrected chi connectivity index (χ0v) is 18.4. The van der Waals surface area contributed by atoms with Crippen LogP contribution in [-0.2, 0) is 16.9 Å². The largest absolute Gasteiger partial charge is 0.497 e. The molecule has 150 valence electrons. The lowest BCUT2D eigenvalue weighted by Crippen LogP contribution is -2.32. The molecule has 4 rings (SSSR count). The second-order valence-corrected chi connectivity index (χ2v) is 7.88. The van der Waals surface area contributed by atoms with Crippen LogP contribution in [0, 0.1) is 0 Å². The fourth-order valence-electron chi connectivity index (χ4n) is 3.74. The van der Waals surface area contributed by atoms with Gasteiger partial charge in [-0.3, -0.25) is 0 Å². The number of rotatable bonds is 7. The van der Waals surface area contributed by atoms with Crippen molar-refractivity contribution in [2.45, 2.75) is 12.2 Å². The fraction of sp³-hybridized carbons (Fsp3) is 0.111. The van der Waals surface area contributed by atoms with Crippen LogP contribution in [0.5, 0.6) is 5.75 Å². The maximum absolute atomic E-state index is 6.87. The van der Waals surface area contributed by atoms with Gasteiger partial charge in [0.1, 0.15) is 11.4 Å². The van der Waals surface area contributed by atoms with Crippen LogP contribution in [0.4, 0.5) is 0 Å². The highest BCUT2D eigenvalue weighted by atomic mass is 79.9. The minimum Gasteiger partial charge on any atom is -0.497 e. The summed E-state index contributed by atoms with van der Waals surface area (Å²) in [5.74, 6) is 0.807. The third kappa shape index (κ3) is 4.04. The van der Waals surface area contributed by atoms with Crippen LogP contribution < -0.4 is 4.74 Å². The van der Waals surface area contributed by atoms with Crippen molar-refractivity contribution in [3.8, 4) is 5.75 Å². The number of halogens is 1. The molecular formula is C27H23BrO2. The van der Waals surface area contributed by atoms with Crippen LogP contribution in [0.2, 0.25) is 0 Å². The summed E-state index contributed by atoms with van der Waals surface area (Å²) in [6, 6.07) is 37.1. The van der Waals surface area contributed by atoms with Gasteiger partial charge in [-0.05, 0) is 40.5 Å². The Hall–Kier alpha value is -2.88. The van der Waals surface area contributed by atoms with Crippen molar-refractivity contribution < 1.29 is 9.47 Å². The molecule has 0 atom stereocenters. The van der Waals surface area contributed by atoms with E-state index in [1.807, 2.05) is 36.4 Å². The molecule has 4 aromatic rings. The first-order chi connectivity index (χ1) is 14.7. The molecule has 0 fully saturated rings. The van der Waals surface area contributed by atoms with E-state index in [2.05, 4.69) is 88.7 Å². The second-order valence-electron chi connectivity index (χ2n) is 7.03. The molecule has 30 heavy (non-hydrogen) atoms. The Labute approximate surface area is 186 Å². The molecule has 3 heteroatoms. The first-order valence-electron chi connectivity index (χ1n) is 9.87. The van der Waals surface area contributed by atoms with Crippen molar-refractivity contribution in [1.29, 1.82) is 0 Å². The van der Waals surface area contributed by atoms with Gasteiger partial charge in [-0.15, -0.1) is 0 Å². The maximum atomic E-state index is 6.87. The smallest absolute Gasteiger partial charge is 0.144 e. The van der Waals surface area contributed by atoms with Crippen LogP contribution in [0.25, 0.3) is 0 Å². The minimum atomic E-state index is -0.744. The van der Waals surface area contributed by atoms with Crippen LogP contribution >= 0.6 is 15.9 Å². The Morgan fingerprint density at radius 2 is 1.13 bits per heavy atom. The van der Waals surface area contributed by atoms with Crippen molar-refractivity contribution in [2.75, 3.05) is 7.11 Å². The molecular weight excluding hydrogens is 436 g/mol. The van der Waals surface area contributed by atoms with Gasteiger partial charge < -0.3 is 9.47 Å². The van der Waals surface area contributed by atoms with Crippen LogP contribution in [-0.4, -0.2) is 7.11 Å². The molecule has 4 aromatic carbocycles. The predicted molar refractivity (Wildman–Crippen MR) is 125 cm³/mol. The van der Waals surface area contributed by atoms with E-state index in [9.17, 15) is 0 Å². The zero-order chi connectivity index (χ0) is 20.8. The standard InChI is InChI=1S/C27H23BrO2/c1-29-25-17-18-26(28)21(19-25)20-30-27(22-11-5-2-6-12-22,23-13-7-3-8-14-23)24-15-9-4-10-16-24/h2-19H,20H2,1H3. The van der Waals surface area contributed by atoms with Gasteiger partial charge in [-0.2, -0.15) is 0 Å². The molecule has 0 bridgehead atoms. The summed E-state index contributed by atoms with van der Waals surface area (Å²) < 4.78 is 13.3. The molecule has 0 spiro atoms. The number of hydrogen-bond acceptors (Lipinski definition) is 2. The molecule has 0 heterocycles. The summed E-state index contributed by atoms with van der Waals surface area (Å²) in [6.45, 7) is 0.413. The number of methoxy groups -OCH3 is 1. The maximum Gasteiger partial charge on any atom is 0.144 e. The van der Waals surface area contributed by atoms with Gasteiger partial charge in [-0.25, -0.2) is 0 Å². The van der Waals surface area contributed by atoms with Crippen molar-refractivity contribution in [3.05, 3.63) is 136 Å². The molecule has 0 N–H and O–H groups in total. The summed E-state index contributed by atoms with van der Waals surface area (Å²) >= 11 is 3.66. The summed E-state index contributed by atoms with van der Waals surface area (Å²) in [5, 5.41) is 0. The lowest BCUT2D eigenvalue weighted by Gasteiger charge is -2.36. The average Bonchev–Trinajstić information content (AvgIpc) is 2.82. The highest BCUT2D eigenvalue weighted by Gasteiger charge is 2.37. The Balaban J connectivity index is 1.87. The molecule has 0 aromatic heterocycles. The van der Waals surface area contributed by atoms with Gasteiger partial charge in [0, 0.05) is 4.47 Å². The Morgan fingerprint density at radius 1 is 0.667 bits per heavy atom. The van der Waals surface area contributed by atoms with E-state index in [4.69, 9.17) is 9.47 Å². The van der Waals surface area contributed by atoms with Crippen LogP contribution in [0.3, 0.4) is 0 Å².